The SMILES string of the molecule is CCOC(=O)Cn1c(=NC(=O)c2nn(C)cc2C)sc2cc(C)ccc21. The summed E-state index contributed by atoms with van der Waals surface area (Å²) in [5.74, 6) is -0.792. The monoisotopic (exact) mass is 372 g/mol. The quantitative estimate of drug-likeness (QED) is 0.659. The van der Waals surface area contributed by atoms with E-state index in [1.165, 1.54) is 11.3 Å². The van der Waals surface area contributed by atoms with Gasteiger partial charge in [0.15, 0.2) is 10.5 Å². The highest BCUT2D eigenvalue weighted by molar-refractivity contribution is 7.16. The molecule has 0 aliphatic rings. The first-order chi connectivity index (χ1) is 12.4. The fourth-order valence-electron chi connectivity index (χ4n) is 2.71. The summed E-state index contributed by atoms with van der Waals surface area (Å²) in [6, 6.07) is 5.90. The van der Waals surface area contributed by atoms with E-state index in [9.17, 15) is 9.59 Å². The number of ether oxygens (including phenoxy) is 1. The van der Waals surface area contributed by atoms with Crippen LogP contribution in [0, 0.1) is 13.8 Å². The Morgan fingerprint density at radius 2 is 2.08 bits per heavy atom. The number of aromatic nitrogens is 3. The Morgan fingerprint density at radius 3 is 2.73 bits per heavy atom. The molecule has 1 amide bonds. The Morgan fingerprint density at radius 1 is 1.31 bits per heavy atom. The summed E-state index contributed by atoms with van der Waals surface area (Å²) in [4.78, 5) is 29.3. The number of hydrogen-bond donors (Lipinski definition) is 0. The molecular weight excluding hydrogens is 352 g/mol. The van der Waals surface area contributed by atoms with Gasteiger partial charge in [-0.2, -0.15) is 10.1 Å². The van der Waals surface area contributed by atoms with Gasteiger partial charge in [0.2, 0.25) is 0 Å². The van der Waals surface area contributed by atoms with Crippen molar-refractivity contribution in [3.05, 3.63) is 46.0 Å². The summed E-state index contributed by atoms with van der Waals surface area (Å²) < 4.78 is 9.31. The second-order valence-electron chi connectivity index (χ2n) is 6.00. The minimum absolute atomic E-state index is 0.00418. The lowest BCUT2D eigenvalue weighted by atomic mass is 10.2. The second kappa shape index (κ2) is 7.25. The van der Waals surface area contributed by atoms with E-state index in [0.29, 0.717) is 17.1 Å². The van der Waals surface area contributed by atoms with Crippen molar-refractivity contribution in [2.45, 2.75) is 27.3 Å². The van der Waals surface area contributed by atoms with E-state index in [0.717, 1.165) is 21.3 Å². The molecule has 0 aliphatic carbocycles. The van der Waals surface area contributed by atoms with Crippen LogP contribution in [0.3, 0.4) is 0 Å². The molecule has 0 radical (unpaired) electrons. The van der Waals surface area contributed by atoms with Crippen LogP contribution in [-0.2, 0) is 23.1 Å². The van der Waals surface area contributed by atoms with Crippen molar-refractivity contribution in [2.75, 3.05) is 6.61 Å². The topological polar surface area (TPSA) is 78.5 Å². The molecule has 1 aromatic carbocycles. The van der Waals surface area contributed by atoms with Gasteiger partial charge in [-0.3, -0.25) is 14.3 Å². The summed E-state index contributed by atoms with van der Waals surface area (Å²) in [6.07, 6.45) is 1.77. The molecule has 2 heterocycles. The van der Waals surface area contributed by atoms with Gasteiger partial charge in [-0.25, -0.2) is 0 Å². The molecule has 3 aromatic rings. The third-order valence-electron chi connectivity index (χ3n) is 3.84. The molecule has 0 spiro atoms. The van der Waals surface area contributed by atoms with Gasteiger partial charge in [-0.05, 0) is 38.5 Å². The fourth-order valence-corrected chi connectivity index (χ4v) is 3.84. The van der Waals surface area contributed by atoms with E-state index in [2.05, 4.69) is 10.1 Å². The predicted octanol–water partition coefficient (Wildman–Crippen LogP) is 2.36. The van der Waals surface area contributed by atoms with Crippen LogP contribution in [0.5, 0.6) is 0 Å². The molecule has 3 rings (SSSR count). The number of carbonyl (C=O) groups excluding carboxylic acids is 2. The van der Waals surface area contributed by atoms with Crippen LogP contribution in [0.1, 0.15) is 28.5 Å². The van der Waals surface area contributed by atoms with Crippen molar-refractivity contribution in [2.24, 2.45) is 12.0 Å². The Kier molecular flexibility index (Phi) is 5.03. The molecule has 7 nitrogen and oxygen atoms in total. The molecular formula is C18H20N4O3S. The van der Waals surface area contributed by atoms with Crippen LogP contribution in [0.4, 0.5) is 0 Å². The van der Waals surface area contributed by atoms with E-state index in [1.54, 1.807) is 29.4 Å². The number of fused-ring (bicyclic) bond motifs is 1. The normalized spacial score (nSPS) is 11.9. The van der Waals surface area contributed by atoms with Crippen molar-refractivity contribution >= 4 is 33.4 Å². The average Bonchev–Trinajstić information content (AvgIpc) is 3.07. The molecule has 0 unspecified atom stereocenters. The van der Waals surface area contributed by atoms with Crippen LogP contribution >= 0.6 is 11.3 Å². The zero-order chi connectivity index (χ0) is 18.8. The Hall–Kier alpha value is -2.74. The van der Waals surface area contributed by atoms with Crippen LogP contribution in [-0.4, -0.2) is 32.8 Å². The highest BCUT2D eigenvalue weighted by Crippen LogP contribution is 2.19. The lowest BCUT2D eigenvalue weighted by Gasteiger charge is -2.05. The van der Waals surface area contributed by atoms with Gasteiger partial charge in [0.05, 0.1) is 16.8 Å². The van der Waals surface area contributed by atoms with Gasteiger partial charge in [-0.15, -0.1) is 0 Å². The third kappa shape index (κ3) is 3.60. The second-order valence-corrected chi connectivity index (χ2v) is 7.01. The number of carbonyl (C=O) groups is 2. The number of benzene rings is 1. The first-order valence-corrected chi connectivity index (χ1v) is 9.05. The predicted molar refractivity (Wildman–Crippen MR) is 99.0 cm³/mol. The summed E-state index contributed by atoms with van der Waals surface area (Å²) >= 11 is 1.37. The van der Waals surface area contributed by atoms with Gasteiger partial charge in [-0.1, -0.05) is 17.4 Å². The zero-order valence-corrected chi connectivity index (χ0v) is 16.0. The highest BCUT2D eigenvalue weighted by atomic mass is 32.1. The van der Waals surface area contributed by atoms with E-state index < -0.39 is 5.91 Å². The molecule has 26 heavy (non-hydrogen) atoms. The Bertz CT molecular complexity index is 1060. The first kappa shape index (κ1) is 18.1. The maximum atomic E-state index is 12.6. The fraction of sp³-hybridized carbons (Fsp3) is 0.333. The van der Waals surface area contributed by atoms with Crippen LogP contribution < -0.4 is 4.80 Å². The maximum Gasteiger partial charge on any atom is 0.326 e. The van der Waals surface area contributed by atoms with Crippen LogP contribution in [0.2, 0.25) is 0 Å². The Labute approximate surface area is 154 Å². The minimum atomic E-state index is -0.427. The maximum absolute atomic E-state index is 12.6. The van der Waals surface area contributed by atoms with E-state index in [-0.39, 0.29) is 12.5 Å². The highest BCUT2D eigenvalue weighted by Gasteiger charge is 2.15. The van der Waals surface area contributed by atoms with Crippen molar-refractivity contribution in [1.29, 1.82) is 0 Å². The molecule has 0 saturated heterocycles. The minimum Gasteiger partial charge on any atom is -0.465 e. The van der Waals surface area contributed by atoms with E-state index in [1.807, 2.05) is 32.0 Å². The molecule has 0 atom stereocenters. The third-order valence-corrected chi connectivity index (χ3v) is 4.88. The van der Waals surface area contributed by atoms with Gasteiger partial charge >= 0.3 is 5.97 Å². The number of amides is 1. The summed E-state index contributed by atoms with van der Waals surface area (Å²) in [6.45, 7) is 5.88. The van der Waals surface area contributed by atoms with Crippen molar-refractivity contribution in [3.63, 3.8) is 0 Å². The summed E-state index contributed by atoms with van der Waals surface area (Å²) in [5, 5.41) is 4.17. The van der Waals surface area contributed by atoms with Crippen LogP contribution in [0.25, 0.3) is 10.2 Å². The molecule has 0 bridgehead atoms. The van der Waals surface area contributed by atoms with Crippen molar-refractivity contribution < 1.29 is 14.3 Å². The number of esters is 1. The molecule has 0 saturated carbocycles. The number of thiazole rings is 1. The summed E-state index contributed by atoms with van der Waals surface area (Å²) in [5.41, 5.74) is 3.01. The van der Waals surface area contributed by atoms with Gasteiger partial charge < -0.3 is 9.30 Å². The smallest absolute Gasteiger partial charge is 0.326 e. The molecule has 0 aliphatic heterocycles. The molecule has 2 aromatic heterocycles. The van der Waals surface area contributed by atoms with E-state index in [4.69, 9.17) is 4.74 Å². The number of hydrogen-bond acceptors (Lipinski definition) is 5. The molecule has 136 valence electrons. The largest absolute Gasteiger partial charge is 0.465 e. The zero-order valence-electron chi connectivity index (χ0n) is 15.1. The standard InChI is InChI=1S/C18H20N4O3S/c1-5-25-15(23)10-22-13-7-6-11(2)8-14(13)26-18(22)19-17(24)16-12(3)9-21(4)20-16/h6-9H,5,10H2,1-4H3. The van der Waals surface area contributed by atoms with Crippen molar-refractivity contribution in [1.82, 2.24) is 14.3 Å². The summed E-state index contributed by atoms with van der Waals surface area (Å²) in [7, 11) is 1.76. The van der Waals surface area contributed by atoms with Gasteiger partial charge in [0, 0.05) is 18.8 Å². The number of aryl methyl sites for hydroxylation is 3. The molecule has 0 fully saturated rings. The van der Waals surface area contributed by atoms with E-state index >= 15 is 0 Å². The number of nitrogens with zero attached hydrogens (tertiary/aromatic N) is 4. The number of rotatable bonds is 4. The van der Waals surface area contributed by atoms with Gasteiger partial charge in [0.25, 0.3) is 5.91 Å². The molecule has 0 N–H and O–H groups in total. The lowest BCUT2D eigenvalue weighted by Crippen LogP contribution is -2.23. The van der Waals surface area contributed by atoms with Crippen molar-refractivity contribution in [3.8, 4) is 0 Å². The molecule has 8 heteroatoms. The Balaban J connectivity index is 2.12. The van der Waals surface area contributed by atoms with Gasteiger partial charge in [0.1, 0.15) is 6.54 Å². The lowest BCUT2D eigenvalue weighted by molar-refractivity contribution is -0.143. The average molecular weight is 372 g/mol. The first-order valence-electron chi connectivity index (χ1n) is 8.24. The van der Waals surface area contributed by atoms with Crippen LogP contribution in [0.15, 0.2) is 29.4 Å².